The molecular formula is C14H23NO2S. The zero-order valence-corrected chi connectivity index (χ0v) is 12.4. The van der Waals surface area contributed by atoms with E-state index in [0.29, 0.717) is 12.4 Å². The molecule has 0 spiro atoms. The third-order valence-corrected chi connectivity index (χ3v) is 4.66. The lowest BCUT2D eigenvalue weighted by molar-refractivity contribution is 0.340. The quantitative estimate of drug-likeness (QED) is 0.894. The first-order chi connectivity index (χ1) is 8.34. The second-order valence-corrected chi connectivity index (χ2v) is 7.48. The summed E-state index contributed by atoms with van der Waals surface area (Å²) in [6, 6.07) is 7.49. The molecule has 0 aromatic heterocycles. The van der Waals surface area contributed by atoms with E-state index >= 15 is 0 Å². The predicted octanol–water partition coefficient (Wildman–Crippen LogP) is 2.63. The number of ether oxygens (including phenoxy) is 1. The minimum Gasteiger partial charge on any atom is -0.494 e. The van der Waals surface area contributed by atoms with Crippen LogP contribution in [-0.4, -0.2) is 21.3 Å². The average Bonchev–Trinajstić information content (AvgIpc) is 2.29. The summed E-state index contributed by atoms with van der Waals surface area (Å²) in [7, 11) is -0.933. The Morgan fingerprint density at radius 3 is 2.28 bits per heavy atom. The summed E-state index contributed by atoms with van der Waals surface area (Å²) in [4.78, 5) is 0. The van der Waals surface area contributed by atoms with E-state index in [1.807, 2.05) is 52.0 Å². The molecule has 1 aromatic carbocycles. The molecule has 2 N–H and O–H groups in total. The minimum atomic E-state index is -0.933. The maximum absolute atomic E-state index is 12.0. The molecule has 0 saturated heterocycles. The summed E-state index contributed by atoms with van der Waals surface area (Å²) in [5, 5.41) is 0. The second-order valence-electron chi connectivity index (χ2n) is 5.23. The molecule has 2 atom stereocenters. The van der Waals surface area contributed by atoms with E-state index in [2.05, 4.69) is 0 Å². The largest absolute Gasteiger partial charge is 0.494 e. The lowest BCUT2D eigenvalue weighted by atomic mass is 10.1. The summed E-state index contributed by atoms with van der Waals surface area (Å²) < 4.78 is 17.2. The van der Waals surface area contributed by atoms with Gasteiger partial charge in [-0.15, -0.1) is 0 Å². The zero-order valence-electron chi connectivity index (χ0n) is 11.6. The maximum atomic E-state index is 12.0. The third kappa shape index (κ3) is 4.42. The average molecular weight is 269 g/mol. The van der Waals surface area contributed by atoms with E-state index < -0.39 is 10.8 Å². The molecule has 0 aliphatic heterocycles. The molecule has 0 saturated carbocycles. The van der Waals surface area contributed by atoms with Gasteiger partial charge in [0.1, 0.15) is 5.75 Å². The second kappa shape index (κ2) is 6.34. The highest BCUT2D eigenvalue weighted by Gasteiger charge is 2.22. The number of rotatable bonds is 5. The maximum Gasteiger partial charge on any atom is 0.119 e. The molecule has 102 valence electrons. The molecule has 0 fully saturated rings. The Labute approximate surface area is 112 Å². The standard InChI is InChI=1S/C14H23NO2S/c1-5-17-12-8-6-11(7-9-12)13(15)10-18(16)14(2,3)4/h6-9,13H,5,10,15H2,1-4H3. The summed E-state index contributed by atoms with van der Waals surface area (Å²) in [5.74, 6) is 1.32. The lowest BCUT2D eigenvalue weighted by Gasteiger charge is -2.21. The van der Waals surface area contributed by atoms with Gasteiger partial charge in [0.25, 0.3) is 0 Å². The normalized spacial score (nSPS) is 15.2. The summed E-state index contributed by atoms with van der Waals surface area (Å²) in [6.07, 6.45) is 0. The molecule has 4 heteroatoms. The van der Waals surface area contributed by atoms with Crippen molar-refractivity contribution in [3.8, 4) is 5.75 Å². The summed E-state index contributed by atoms with van der Waals surface area (Å²) in [6.45, 7) is 8.50. The van der Waals surface area contributed by atoms with Gasteiger partial charge in [-0.25, -0.2) is 0 Å². The molecule has 1 aromatic rings. The van der Waals surface area contributed by atoms with Crippen LogP contribution >= 0.6 is 0 Å². The summed E-state index contributed by atoms with van der Waals surface area (Å²) >= 11 is 0. The Morgan fingerprint density at radius 2 is 1.83 bits per heavy atom. The van der Waals surface area contributed by atoms with Gasteiger partial charge in [-0.05, 0) is 45.4 Å². The van der Waals surface area contributed by atoms with Gasteiger partial charge in [-0.2, -0.15) is 0 Å². The summed E-state index contributed by atoms with van der Waals surface area (Å²) in [5.41, 5.74) is 7.08. The van der Waals surface area contributed by atoms with Crippen molar-refractivity contribution in [2.75, 3.05) is 12.4 Å². The number of nitrogens with two attached hydrogens (primary N) is 1. The SMILES string of the molecule is CCOc1ccc(C(N)CS(=O)C(C)(C)C)cc1. The van der Waals surface area contributed by atoms with Crippen LogP contribution in [0, 0.1) is 0 Å². The molecule has 3 nitrogen and oxygen atoms in total. The van der Waals surface area contributed by atoms with Crippen molar-refractivity contribution >= 4 is 10.8 Å². The van der Waals surface area contributed by atoms with E-state index in [1.165, 1.54) is 0 Å². The van der Waals surface area contributed by atoms with Crippen molar-refractivity contribution in [3.05, 3.63) is 29.8 Å². The van der Waals surface area contributed by atoms with Crippen LogP contribution in [0.2, 0.25) is 0 Å². The fourth-order valence-corrected chi connectivity index (χ4v) is 2.51. The van der Waals surface area contributed by atoms with E-state index in [4.69, 9.17) is 10.5 Å². The molecule has 0 amide bonds. The van der Waals surface area contributed by atoms with Gasteiger partial charge in [0, 0.05) is 27.3 Å². The first-order valence-electron chi connectivity index (χ1n) is 6.21. The Balaban J connectivity index is 2.67. The smallest absolute Gasteiger partial charge is 0.119 e. The first kappa shape index (κ1) is 15.2. The topological polar surface area (TPSA) is 52.3 Å². The van der Waals surface area contributed by atoms with Crippen molar-refractivity contribution in [1.82, 2.24) is 0 Å². The monoisotopic (exact) mass is 269 g/mol. The lowest BCUT2D eigenvalue weighted by Crippen LogP contribution is -2.29. The van der Waals surface area contributed by atoms with E-state index in [-0.39, 0.29) is 10.8 Å². The van der Waals surface area contributed by atoms with Crippen LogP contribution in [0.1, 0.15) is 39.3 Å². The molecule has 0 aliphatic carbocycles. The van der Waals surface area contributed by atoms with Gasteiger partial charge < -0.3 is 10.5 Å². The van der Waals surface area contributed by atoms with E-state index in [0.717, 1.165) is 11.3 Å². The fourth-order valence-electron chi connectivity index (χ4n) is 1.49. The Kier molecular flexibility index (Phi) is 5.35. The molecule has 0 aliphatic rings. The Bertz CT molecular complexity index is 395. The highest BCUT2D eigenvalue weighted by Crippen LogP contribution is 2.20. The predicted molar refractivity (Wildman–Crippen MR) is 77.3 cm³/mol. The Hall–Kier alpha value is -0.870. The highest BCUT2D eigenvalue weighted by molar-refractivity contribution is 7.86. The molecular weight excluding hydrogens is 246 g/mol. The van der Waals surface area contributed by atoms with Gasteiger partial charge in [0.2, 0.25) is 0 Å². The van der Waals surface area contributed by atoms with Crippen LogP contribution in [0.5, 0.6) is 5.75 Å². The first-order valence-corrected chi connectivity index (χ1v) is 7.53. The zero-order chi connectivity index (χ0) is 13.8. The van der Waals surface area contributed by atoms with Crippen LogP contribution in [0.4, 0.5) is 0 Å². The van der Waals surface area contributed by atoms with E-state index in [1.54, 1.807) is 0 Å². The van der Waals surface area contributed by atoms with Gasteiger partial charge in [-0.1, -0.05) is 12.1 Å². The van der Waals surface area contributed by atoms with Crippen LogP contribution in [-0.2, 0) is 10.8 Å². The number of hydrogen-bond donors (Lipinski definition) is 1. The number of benzene rings is 1. The molecule has 0 bridgehead atoms. The van der Waals surface area contributed by atoms with Crippen LogP contribution in [0.15, 0.2) is 24.3 Å². The van der Waals surface area contributed by atoms with Crippen LogP contribution in [0.25, 0.3) is 0 Å². The number of hydrogen-bond acceptors (Lipinski definition) is 3. The molecule has 18 heavy (non-hydrogen) atoms. The van der Waals surface area contributed by atoms with Gasteiger partial charge in [-0.3, -0.25) is 4.21 Å². The molecule has 2 unspecified atom stereocenters. The van der Waals surface area contributed by atoms with Crippen molar-refractivity contribution in [1.29, 1.82) is 0 Å². The third-order valence-electron chi connectivity index (χ3n) is 2.63. The van der Waals surface area contributed by atoms with Crippen molar-refractivity contribution in [2.45, 2.75) is 38.5 Å². The van der Waals surface area contributed by atoms with Gasteiger partial charge >= 0.3 is 0 Å². The highest BCUT2D eigenvalue weighted by atomic mass is 32.2. The minimum absolute atomic E-state index is 0.194. The van der Waals surface area contributed by atoms with Crippen LogP contribution < -0.4 is 10.5 Å². The van der Waals surface area contributed by atoms with E-state index in [9.17, 15) is 4.21 Å². The fraction of sp³-hybridized carbons (Fsp3) is 0.571. The Morgan fingerprint density at radius 1 is 1.28 bits per heavy atom. The molecule has 0 radical (unpaired) electrons. The van der Waals surface area contributed by atoms with Crippen molar-refractivity contribution in [3.63, 3.8) is 0 Å². The van der Waals surface area contributed by atoms with Gasteiger partial charge in [0.05, 0.1) is 6.61 Å². The van der Waals surface area contributed by atoms with Gasteiger partial charge in [0.15, 0.2) is 0 Å². The van der Waals surface area contributed by atoms with Crippen molar-refractivity contribution < 1.29 is 8.95 Å². The van der Waals surface area contributed by atoms with Crippen molar-refractivity contribution in [2.24, 2.45) is 5.73 Å². The van der Waals surface area contributed by atoms with Crippen LogP contribution in [0.3, 0.4) is 0 Å². The molecule has 1 rings (SSSR count). The molecule has 0 heterocycles.